The number of carbonyl (C=O) groups excluding carboxylic acids is 1. The molecule has 5 nitrogen and oxygen atoms in total. The van der Waals surface area contributed by atoms with Crippen LogP contribution >= 0.6 is 11.6 Å². The van der Waals surface area contributed by atoms with E-state index in [9.17, 15) is 4.79 Å². The van der Waals surface area contributed by atoms with Crippen molar-refractivity contribution in [3.8, 4) is 0 Å². The minimum atomic E-state index is -0.226. The molecular weight excluding hydrogens is 264 g/mol. The number of aromatic nitrogens is 3. The Hall–Kier alpha value is -1.88. The maximum absolute atomic E-state index is 12.1. The van der Waals surface area contributed by atoms with Gasteiger partial charge in [0.05, 0.1) is 0 Å². The van der Waals surface area contributed by atoms with E-state index in [1.54, 1.807) is 18.0 Å². The lowest BCUT2D eigenvalue weighted by atomic mass is 10.2. The molecule has 0 unspecified atom stereocenters. The minimum absolute atomic E-state index is 0.186. The largest absolute Gasteiger partial charge is 0.335 e. The fraction of sp³-hybridized carbons (Fsp3) is 0.308. The highest BCUT2D eigenvalue weighted by Gasteiger charge is 2.17. The molecule has 0 atom stereocenters. The lowest BCUT2D eigenvalue weighted by Crippen LogP contribution is -2.27. The Labute approximate surface area is 116 Å². The van der Waals surface area contributed by atoms with Crippen LogP contribution in [0.2, 0.25) is 5.02 Å². The van der Waals surface area contributed by atoms with Crippen LogP contribution in [0.25, 0.3) is 0 Å². The number of nitrogens with one attached hydrogen (secondary N) is 1. The molecule has 1 aromatic carbocycles. The molecule has 6 heteroatoms. The van der Waals surface area contributed by atoms with Gasteiger partial charge in [0.25, 0.3) is 5.91 Å². The molecular formula is C13H15ClN4O. The van der Waals surface area contributed by atoms with Crippen molar-refractivity contribution >= 4 is 17.5 Å². The Morgan fingerprint density at radius 2 is 2.16 bits per heavy atom. The Balaban J connectivity index is 2.09. The molecule has 0 aliphatic heterocycles. The number of H-pyrrole nitrogens is 1. The number of halogens is 1. The molecule has 0 saturated heterocycles. The van der Waals surface area contributed by atoms with Crippen molar-refractivity contribution in [1.82, 2.24) is 20.1 Å². The summed E-state index contributed by atoms with van der Waals surface area (Å²) in [7, 11) is 1.70. The summed E-state index contributed by atoms with van der Waals surface area (Å²) >= 11 is 6.07. The first-order chi connectivity index (χ1) is 9.11. The van der Waals surface area contributed by atoms with Crippen LogP contribution in [0.4, 0.5) is 0 Å². The predicted molar refractivity (Wildman–Crippen MR) is 73.0 cm³/mol. The second-order valence-electron chi connectivity index (χ2n) is 4.21. The average Bonchev–Trinajstić information content (AvgIpc) is 2.89. The van der Waals surface area contributed by atoms with Crippen molar-refractivity contribution in [2.24, 2.45) is 0 Å². The molecule has 0 saturated carbocycles. The molecule has 0 bridgehead atoms. The lowest BCUT2D eigenvalue weighted by Gasteiger charge is -2.16. The van der Waals surface area contributed by atoms with Crippen LogP contribution in [0.5, 0.6) is 0 Å². The van der Waals surface area contributed by atoms with Gasteiger partial charge in [-0.15, -0.1) is 5.10 Å². The summed E-state index contributed by atoms with van der Waals surface area (Å²) in [5, 5.41) is 7.29. The Morgan fingerprint density at radius 1 is 1.42 bits per heavy atom. The van der Waals surface area contributed by atoms with Gasteiger partial charge in [-0.1, -0.05) is 36.7 Å². The summed E-state index contributed by atoms with van der Waals surface area (Å²) in [5.41, 5.74) is 0.895. The maximum Gasteiger partial charge on any atom is 0.293 e. The van der Waals surface area contributed by atoms with Crippen LogP contribution in [0, 0.1) is 0 Å². The molecule has 0 spiro atoms. The number of rotatable bonds is 4. The normalized spacial score (nSPS) is 10.5. The topological polar surface area (TPSA) is 61.9 Å². The van der Waals surface area contributed by atoms with Crippen molar-refractivity contribution < 1.29 is 4.79 Å². The number of carbonyl (C=O) groups is 1. The summed E-state index contributed by atoms with van der Waals surface area (Å²) in [4.78, 5) is 17.8. The summed E-state index contributed by atoms with van der Waals surface area (Å²) in [6.45, 7) is 2.37. The molecule has 19 heavy (non-hydrogen) atoms. The number of benzene rings is 1. The van der Waals surface area contributed by atoms with Crippen LogP contribution in [-0.4, -0.2) is 33.0 Å². The zero-order valence-corrected chi connectivity index (χ0v) is 11.6. The molecule has 1 aromatic heterocycles. The van der Waals surface area contributed by atoms with E-state index in [1.807, 2.05) is 25.1 Å². The van der Waals surface area contributed by atoms with Gasteiger partial charge < -0.3 is 4.90 Å². The predicted octanol–water partition coefficient (Wildman–Crippen LogP) is 2.29. The number of hydrogen-bond acceptors (Lipinski definition) is 3. The summed E-state index contributed by atoms with van der Waals surface area (Å²) < 4.78 is 0. The van der Waals surface area contributed by atoms with Gasteiger partial charge in [0, 0.05) is 25.0 Å². The van der Waals surface area contributed by atoms with E-state index >= 15 is 0 Å². The van der Waals surface area contributed by atoms with E-state index in [4.69, 9.17) is 11.6 Å². The molecule has 1 amide bonds. The fourth-order valence-corrected chi connectivity index (χ4v) is 1.87. The van der Waals surface area contributed by atoms with Gasteiger partial charge in [0.2, 0.25) is 5.82 Å². The van der Waals surface area contributed by atoms with Gasteiger partial charge in [-0.05, 0) is 11.6 Å². The monoisotopic (exact) mass is 278 g/mol. The molecule has 2 aromatic rings. The molecule has 1 N–H and O–H groups in total. The van der Waals surface area contributed by atoms with Crippen molar-refractivity contribution in [3.63, 3.8) is 0 Å². The third-order valence-electron chi connectivity index (χ3n) is 2.77. The molecule has 0 aliphatic carbocycles. The first kappa shape index (κ1) is 13.5. The molecule has 0 aliphatic rings. The van der Waals surface area contributed by atoms with Crippen LogP contribution < -0.4 is 0 Å². The lowest BCUT2D eigenvalue weighted by molar-refractivity contribution is 0.0773. The molecule has 1 heterocycles. The quantitative estimate of drug-likeness (QED) is 0.933. The van der Waals surface area contributed by atoms with Crippen molar-refractivity contribution in [1.29, 1.82) is 0 Å². The van der Waals surface area contributed by atoms with E-state index in [0.717, 1.165) is 5.56 Å². The zero-order chi connectivity index (χ0) is 13.8. The van der Waals surface area contributed by atoms with E-state index < -0.39 is 0 Å². The third-order valence-corrected chi connectivity index (χ3v) is 3.14. The fourth-order valence-electron chi connectivity index (χ4n) is 1.67. The first-order valence-corrected chi connectivity index (χ1v) is 6.39. The molecule has 0 fully saturated rings. The number of aryl methyl sites for hydroxylation is 1. The first-order valence-electron chi connectivity index (χ1n) is 6.02. The van der Waals surface area contributed by atoms with Crippen molar-refractivity contribution in [2.45, 2.75) is 19.9 Å². The third kappa shape index (κ3) is 3.12. The van der Waals surface area contributed by atoms with Crippen LogP contribution in [0.1, 0.15) is 28.9 Å². The number of amides is 1. The number of nitrogens with zero attached hydrogens (tertiary/aromatic N) is 3. The van der Waals surface area contributed by atoms with Gasteiger partial charge in [0.15, 0.2) is 0 Å². The molecule has 2 rings (SSSR count). The van der Waals surface area contributed by atoms with Gasteiger partial charge in [-0.3, -0.25) is 9.89 Å². The molecule has 0 radical (unpaired) electrons. The van der Waals surface area contributed by atoms with Gasteiger partial charge in [-0.2, -0.15) is 0 Å². The van der Waals surface area contributed by atoms with Crippen LogP contribution in [-0.2, 0) is 13.0 Å². The second-order valence-corrected chi connectivity index (χ2v) is 4.62. The summed E-state index contributed by atoms with van der Waals surface area (Å²) in [6, 6.07) is 7.44. The van der Waals surface area contributed by atoms with E-state index in [-0.39, 0.29) is 11.7 Å². The Bertz CT molecular complexity index is 582. The minimum Gasteiger partial charge on any atom is -0.335 e. The van der Waals surface area contributed by atoms with Crippen LogP contribution in [0.15, 0.2) is 24.3 Å². The summed E-state index contributed by atoms with van der Waals surface area (Å²) in [5.74, 6) is 0.664. The average molecular weight is 279 g/mol. The maximum atomic E-state index is 12.1. The number of hydrogen-bond donors (Lipinski definition) is 1. The van der Waals surface area contributed by atoms with Crippen molar-refractivity contribution in [3.05, 3.63) is 46.5 Å². The molecule has 100 valence electrons. The van der Waals surface area contributed by atoms with Gasteiger partial charge >= 0.3 is 0 Å². The van der Waals surface area contributed by atoms with Crippen LogP contribution in [0.3, 0.4) is 0 Å². The Kier molecular flexibility index (Phi) is 4.16. The van der Waals surface area contributed by atoms with Crippen molar-refractivity contribution in [2.75, 3.05) is 7.05 Å². The smallest absolute Gasteiger partial charge is 0.293 e. The van der Waals surface area contributed by atoms with E-state index in [1.165, 1.54) is 0 Å². The zero-order valence-electron chi connectivity index (χ0n) is 10.9. The highest BCUT2D eigenvalue weighted by molar-refractivity contribution is 6.31. The van der Waals surface area contributed by atoms with Gasteiger partial charge in [0.1, 0.15) is 5.82 Å². The second kappa shape index (κ2) is 5.84. The van der Waals surface area contributed by atoms with Gasteiger partial charge in [-0.25, -0.2) is 4.98 Å². The number of aromatic amines is 1. The summed E-state index contributed by atoms with van der Waals surface area (Å²) in [6.07, 6.45) is 0.717. The van der Waals surface area contributed by atoms with E-state index in [2.05, 4.69) is 15.2 Å². The van der Waals surface area contributed by atoms with E-state index in [0.29, 0.717) is 23.8 Å². The standard InChI is InChI=1S/C13H15ClN4O/c1-3-11-15-12(17-16-11)13(19)18(2)8-9-6-4-5-7-10(9)14/h4-7H,3,8H2,1-2H3,(H,15,16,17). The Morgan fingerprint density at radius 3 is 2.79 bits per heavy atom. The highest BCUT2D eigenvalue weighted by atomic mass is 35.5. The SMILES string of the molecule is CCc1nc(C(=O)N(C)Cc2ccccc2Cl)n[nH]1. The highest BCUT2D eigenvalue weighted by Crippen LogP contribution is 2.16.